The number of thiophene rings is 1. The second-order valence-corrected chi connectivity index (χ2v) is 8.63. The lowest BCUT2D eigenvalue weighted by molar-refractivity contribution is 0.459. The van der Waals surface area contributed by atoms with Crippen LogP contribution < -0.4 is 10.0 Å². The van der Waals surface area contributed by atoms with Crippen LogP contribution in [0.3, 0.4) is 0 Å². The highest BCUT2D eigenvalue weighted by Gasteiger charge is 2.24. The molecule has 2 rings (SSSR count). The fourth-order valence-corrected chi connectivity index (χ4v) is 5.67. The highest BCUT2D eigenvalue weighted by atomic mass is 79.9. The Morgan fingerprint density at radius 2 is 2.24 bits per heavy atom. The molecular formula is C13H17BrN2O3S2. The molecule has 0 aliphatic rings. The van der Waals surface area contributed by atoms with Gasteiger partial charge in [0.25, 0.3) is 0 Å². The first-order valence-corrected chi connectivity index (χ1v) is 9.58. The Bertz CT molecular complexity index is 680. The lowest BCUT2D eigenvalue weighted by Gasteiger charge is -2.11. The minimum Gasteiger partial charge on any atom is -0.468 e. The first kappa shape index (κ1) is 16.7. The Hall–Kier alpha value is -0.670. The van der Waals surface area contributed by atoms with Gasteiger partial charge in [0.15, 0.2) is 0 Å². The molecule has 1 unspecified atom stereocenters. The summed E-state index contributed by atoms with van der Waals surface area (Å²) in [5, 5.41) is 3.18. The van der Waals surface area contributed by atoms with Gasteiger partial charge in [-0.3, -0.25) is 0 Å². The zero-order valence-corrected chi connectivity index (χ0v) is 14.9. The van der Waals surface area contributed by atoms with E-state index >= 15 is 0 Å². The van der Waals surface area contributed by atoms with Gasteiger partial charge >= 0.3 is 0 Å². The molecule has 5 nitrogen and oxygen atoms in total. The van der Waals surface area contributed by atoms with Crippen molar-refractivity contribution in [2.24, 2.45) is 0 Å². The lowest BCUT2D eigenvalue weighted by Crippen LogP contribution is -2.26. The second-order valence-electron chi connectivity index (χ2n) is 4.49. The van der Waals surface area contributed by atoms with Crippen molar-refractivity contribution in [1.29, 1.82) is 0 Å². The van der Waals surface area contributed by atoms with Crippen molar-refractivity contribution < 1.29 is 12.8 Å². The Kier molecular flexibility index (Phi) is 5.61. The minimum atomic E-state index is -3.59. The van der Waals surface area contributed by atoms with Crippen LogP contribution in [-0.2, 0) is 16.6 Å². The molecule has 116 valence electrons. The van der Waals surface area contributed by atoms with Gasteiger partial charge in [-0.25, -0.2) is 13.1 Å². The van der Waals surface area contributed by atoms with Crippen molar-refractivity contribution in [2.75, 3.05) is 6.54 Å². The van der Waals surface area contributed by atoms with Gasteiger partial charge in [0, 0.05) is 11.4 Å². The van der Waals surface area contributed by atoms with Crippen LogP contribution in [-0.4, -0.2) is 15.0 Å². The molecule has 0 aliphatic carbocycles. The maximum Gasteiger partial charge on any atom is 0.243 e. The molecule has 1 atom stereocenters. The van der Waals surface area contributed by atoms with E-state index in [1.165, 1.54) is 17.6 Å². The molecule has 0 radical (unpaired) electrons. The van der Waals surface area contributed by atoms with Gasteiger partial charge < -0.3 is 9.73 Å². The number of sulfonamides is 1. The third-order valence-corrected chi connectivity index (χ3v) is 6.64. The van der Waals surface area contributed by atoms with E-state index in [-0.39, 0.29) is 4.90 Å². The van der Waals surface area contributed by atoms with Crippen LogP contribution in [0.2, 0.25) is 0 Å². The number of halogens is 1. The predicted octanol–water partition coefficient (Wildman–Crippen LogP) is 3.25. The third-order valence-electron chi connectivity index (χ3n) is 2.85. The summed E-state index contributed by atoms with van der Waals surface area (Å²) >= 11 is 4.75. The number of hydrogen-bond donors (Lipinski definition) is 2. The molecule has 2 heterocycles. The van der Waals surface area contributed by atoms with Gasteiger partial charge in [0.1, 0.15) is 10.7 Å². The Morgan fingerprint density at radius 1 is 1.48 bits per heavy atom. The van der Waals surface area contributed by atoms with Crippen LogP contribution in [0.5, 0.6) is 0 Å². The molecule has 8 heteroatoms. The van der Waals surface area contributed by atoms with Gasteiger partial charge in [-0.2, -0.15) is 0 Å². The molecule has 0 spiro atoms. The fourth-order valence-electron chi connectivity index (χ4n) is 1.81. The molecule has 0 aromatic carbocycles. The van der Waals surface area contributed by atoms with Crippen molar-refractivity contribution in [3.8, 4) is 0 Å². The van der Waals surface area contributed by atoms with E-state index in [4.69, 9.17) is 4.42 Å². The van der Waals surface area contributed by atoms with Gasteiger partial charge in [-0.15, -0.1) is 11.3 Å². The summed E-state index contributed by atoms with van der Waals surface area (Å²) in [4.78, 5) is 1.23. The number of nitrogens with one attached hydrogen (secondary N) is 2. The molecule has 0 amide bonds. The Balaban J connectivity index is 2.17. The molecule has 0 aliphatic heterocycles. The van der Waals surface area contributed by atoms with Gasteiger partial charge in [0.2, 0.25) is 10.0 Å². The summed E-state index contributed by atoms with van der Waals surface area (Å²) in [5.74, 6) is 0.581. The van der Waals surface area contributed by atoms with Crippen LogP contribution in [0.15, 0.2) is 37.6 Å². The van der Waals surface area contributed by atoms with Gasteiger partial charge in [-0.1, -0.05) is 6.92 Å². The number of rotatable bonds is 7. The van der Waals surface area contributed by atoms with E-state index < -0.39 is 16.1 Å². The lowest BCUT2D eigenvalue weighted by atomic mass is 10.3. The SMILES string of the molecule is CCNCc1cc(S(=O)(=O)NC(C)c2ccco2)c(Br)s1. The van der Waals surface area contributed by atoms with Crippen molar-refractivity contribution in [3.05, 3.63) is 38.9 Å². The first-order chi connectivity index (χ1) is 9.94. The van der Waals surface area contributed by atoms with Crippen molar-refractivity contribution in [1.82, 2.24) is 10.0 Å². The average molecular weight is 393 g/mol. The first-order valence-electron chi connectivity index (χ1n) is 6.48. The topological polar surface area (TPSA) is 71.3 Å². The molecule has 2 aromatic heterocycles. The van der Waals surface area contributed by atoms with Crippen molar-refractivity contribution in [3.63, 3.8) is 0 Å². The highest BCUT2D eigenvalue weighted by Crippen LogP contribution is 2.32. The van der Waals surface area contributed by atoms with Crippen molar-refractivity contribution >= 4 is 37.3 Å². The molecule has 21 heavy (non-hydrogen) atoms. The van der Waals surface area contributed by atoms with Crippen LogP contribution >= 0.6 is 27.3 Å². The normalized spacial score (nSPS) is 13.5. The Labute approximate surface area is 136 Å². The van der Waals surface area contributed by atoms with E-state index in [1.807, 2.05) is 6.92 Å². The maximum atomic E-state index is 12.4. The summed E-state index contributed by atoms with van der Waals surface area (Å²) < 4.78 is 33.3. The third kappa shape index (κ3) is 4.17. The largest absolute Gasteiger partial charge is 0.468 e. The average Bonchev–Trinajstić information content (AvgIpc) is 3.05. The van der Waals surface area contributed by atoms with Crippen LogP contribution in [0, 0.1) is 0 Å². The zero-order chi connectivity index (χ0) is 15.5. The predicted molar refractivity (Wildman–Crippen MR) is 86.8 cm³/mol. The maximum absolute atomic E-state index is 12.4. The van der Waals surface area contributed by atoms with E-state index in [9.17, 15) is 8.42 Å². The molecular weight excluding hydrogens is 376 g/mol. The molecule has 2 N–H and O–H groups in total. The number of hydrogen-bond acceptors (Lipinski definition) is 5. The fraction of sp³-hybridized carbons (Fsp3) is 0.385. The Morgan fingerprint density at radius 3 is 2.86 bits per heavy atom. The molecule has 0 fully saturated rings. The van der Waals surface area contributed by atoms with E-state index in [2.05, 4.69) is 26.0 Å². The van der Waals surface area contributed by atoms with Gasteiger partial charge in [0.05, 0.1) is 16.1 Å². The summed E-state index contributed by atoms with van der Waals surface area (Å²) in [7, 11) is -3.59. The highest BCUT2D eigenvalue weighted by molar-refractivity contribution is 9.11. The minimum absolute atomic E-state index is 0.263. The van der Waals surface area contributed by atoms with E-state index in [1.54, 1.807) is 25.1 Å². The molecule has 0 saturated carbocycles. The second kappa shape index (κ2) is 7.06. The quantitative estimate of drug-likeness (QED) is 0.758. The summed E-state index contributed by atoms with van der Waals surface area (Å²) in [5.41, 5.74) is 0. The monoisotopic (exact) mass is 392 g/mol. The zero-order valence-electron chi connectivity index (χ0n) is 11.7. The molecule has 2 aromatic rings. The molecule has 0 saturated heterocycles. The van der Waals surface area contributed by atoms with Crippen LogP contribution in [0.4, 0.5) is 0 Å². The van der Waals surface area contributed by atoms with Crippen molar-refractivity contribution in [2.45, 2.75) is 31.3 Å². The standard InChI is InChI=1S/C13H17BrN2O3S2/c1-3-15-8-10-7-12(13(14)20-10)21(17,18)16-9(2)11-5-4-6-19-11/h4-7,9,15-16H,3,8H2,1-2H3. The van der Waals surface area contributed by atoms with Gasteiger partial charge in [-0.05, 0) is 47.6 Å². The summed E-state index contributed by atoms with van der Waals surface area (Å²) in [6, 6.07) is 4.74. The summed E-state index contributed by atoms with van der Waals surface area (Å²) in [6.45, 7) is 5.25. The van der Waals surface area contributed by atoms with E-state index in [0.29, 0.717) is 16.1 Å². The van der Waals surface area contributed by atoms with Crippen LogP contribution in [0.25, 0.3) is 0 Å². The summed E-state index contributed by atoms with van der Waals surface area (Å²) in [6.07, 6.45) is 1.52. The van der Waals surface area contributed by atoms with Crippen LogP contribution in [0.1, 0.15) is 30.5 Å². The smallest absolute Gasteiger partial charge is 0.243 e. The van der Waals surface area contributed by atoms with E-state index in [0.717, 1.165) is 11.4 Å². The number of furan rings is 1. The molecule has 0 bridgehead atoms.